The van der Waals surface area contributed by atoms with Gasteiger partial charge in [-0.15, -0.1) is 0 Å². The molecular weight excluding hydrogens is 324 g/mol. The van der Waals surface area contributed by atoms with Crippen LogP contribution in [-0.2, 0) is 4.79 Å². The summed E-state index contributed by atoms with van der Waals surface area (Å²) < 4.78 is 5.23. The second-order valence-electron chi connectivity index (χ2n) is 6.07. The van der Waals surface area contributed by atoms with Crippen molar-refractivity contribution in [3.8, 4) is 5.75 Å². The Morgan fingerprint density at radius 3 is 2.75 bits per heavy atom. The maximum absolute atomic E-state index is 11.9. The highest BCUT2D eigenvalue weighted by molar-refractivity contribution is 7.80. The van der Waals surface area contributed by atoms with Crippen LogP contribution in [0.2, 0.25) is 0 Å². The van der Waals surface area contributed by atoms with Crippen molar-refractivity contribution < 1.29 is 9.53 Å². The maximum atomic E-state index is 11.9. The highest BCUT2D eigenvalue weighted by Gasteiger charge is 2.21. The van der Waals surface area contributed by atoms with Crippen LogP contribution in [-0.4, -0.2) is 30.7 Å². The van der Waals surface area contributed by atoms with E-state index in [1.54, 1.807) is 7.11 Å². The largest absolute Gasteiger partial charge is 0.495 e. The fourth-order valence-corrected chi connectivity index (χ4v) is 3.07. The first-order valence-corrected chi connectivity index (χ1v) is 8.73. The Labute approximate surface area is 148 Å². The van der Waals surface area contributed by atoms with Gasteiger partial charge in [0, 0.05) is 6.04 Å². The molecule has 24 heavy (non-hydrogen) atoms. The summed E-state index contributed by atoms with van der Waals surface area (Å²) in [6.07, 6.45) is 4.84. The molecule has 1 aliphatic rings. The number of benzene rings is 1. The van der Waals surface area contributed by atoms with Crippen LogP contribution in [0.15, 0.2) is 24.3 Å². The van der Waals surface area contributed by atoms with Crippen LogP contribution in [0.25, 0.3) is 0 Å². The summed E-state index contributed by atoms with van der Waals surface area (Å²) in [4.78, 5) is 11.9. The van der Waals surface area contributed by atoms with E-state index >= 15 is 0 Å². The topological polar surface area (TPSA) is 74.4 Å². The van der Waals surface area contributed by atoms with Crippen LogP contribution in [0, 0.1) is 5.92 Å². The summed E-state index contributed by atoms with van der Waals surface area (Å²) in [6.45, 7) is 2.35. The Balaban J connectivity index is 1.69. The first kappa shape index (κ1) is 18.3. The van der Waals surface area contributed by atoms with Gasteiger partial charge in [0.1, 0.15) is 5.75 Å². The molecule has 0 unspecified atom stereocenters. The van der Waals surface area contributed by atoms with E-state index in [1.807, 2.05) is 24.3 Å². The quantitative estimate of drug-likeness (QED) is 0.482. The Hall–Kier alpha value is -2.02. The van der Waals surface area contributed by atoms with Crippen LogP contribution in [0.4, 0.5) is 5.69 Å². The monoisotopic (exact) mass is 350 g/mol. The predicted molar refractivity (Wildman–Crippen MR) is 99.9 cm³/mol. The lowest BCUT2D eigenvalue weighted by Gasteiger charge is -2.30. The van der Waals surface area contributed by atoms with Crippen LogP contribution in [0.3, 0.4) is 0 Å². The van der Waals surface area contributed by atoms with Gasteiger partial charge in [-0.2, -0.15) is 0 Å². The molecule has 1 aromatic rings. The molecule has 1 saturated carbocycles. The zero-order chi connectivity index (χ0) is 17.4. The number of carbonyl (C=O) groups is 1. The molecule has 0 bridgehead atoms. The second-order valence-corrected chi connectivity index (χ2v) is 6.48. The Bertz CT molecular complexity index is 567. The molecule has 7 heteroatoms. The van der Waals surface area contributed by atoms with Gasteiger partial charge in [-0.05, 0) is 43.1 Å². The van der Waals surface area contributed by atoms with Crippen molar-refractivity contribution in [1.29, 1.82) is 0 Å². The molecule has 4 N–H and O–H groups in total. The van der Waals surface area contributed by atoms with Gasteiger partial charge >= 0.3 is 0 Å². The van der Waals surface area contributed by atoms with Crippen molar-refractivity contribution in [2.45, 2.75) is 38.6 Å². The van der Waals surface area contributed by atoms with Gasteiger partial charge in [0.15, 0.2) is 5.11 Å². The molecular formula is C17H26N4O2S. The van der Waals surface area contributed by atoms with E-state index in [2.05, 4.69) is 28.4 Å². The lowest BCUT2D eigenvalue weighted by molar-refractivity contribution is -0.119. The number of hydrogen-bond acceptors (Lipinski definition) is 4. The van der Waals surface area contributed by atoms with Crippen LogP contribution >= 0.6 is 12.2 Å². The van der Waals surface area contributed by atoms with E-state index in [9.17, 15) is 4.79 Å². The van der Waals surface area contributed by atoms with E-state index < -0.39 is 0 Å². The average molecular weight is 350 g/mol. The number of carbonyl (C=O) groups excluding carboxylic acids is 1. The van der Waals surface area contributed by atoms with Gasteiger partial charge in [-0.3, -0.25) is 15.6 Å². The molecule has 1 fully saturated rings. The van der Waals surface area contributed by atoms with Gasteiger partial charge in [-0.1, -0.05) is 31.9 Å². The van der Waals surface area contributed by atoms with E-state index in [0.717, 1.165) is 12.1 Å². The molecule has 0 aliphatic heterocycles. The number of hydrogen-bond donors (Lipinski definition) is 4. The third-order valence-corrected chi connectivity index (χ3v) is 4.51. The van der Waals surface area contributed by atoms with Gasteiger partial charge < -0.3 is 15.4 Å². The Morgan fingerprint density at radius 2 is 2.00 bits per heavy atom. The second kappa shape index (κ2) is 9.32. The molecule has 1 aromatic carbocycles. The first-order valence-electron chi connectivity index (χ1n) is 8.32. The van der Waals surface area contributed by atoms with E-state index in [-0.39, 0.29) is 12.5 Å². The van der Waals surface area contributed by atoms with Crippen LogP contribution in [0.5, 0.6) is 5.75 Å². The molecule has 0 aromatic heterocycles. The highest BCUT2D eigenvalue weighted by Crippen LogP contribution is 2.23. The molecule has 2 rings (SSSR count). The molecule has 0 radical (unpaired) electrons. The number of thiocarbonyl (C=S) groups is 1. The van der Waals surface area contributed by atoms with E-state index in [4.69, 9.17) is 17.0 Å². The number of nitrogens with one attached hydrogen (secondary N) is 4. The molecule has 0 heterocycles. The highest BCUT2D eigenvalue weighted by atomic mass is 32.1. The molecule has 1 aliphatic carbocycles. The lowest BCUT2D eigenvalue weighted by Crippen LogP contribution is -2.52. The number of anilines is 1. The minimum absolute atomic E-state index is 0.121. The summed E-state index contributed by atoms with van der Waals surface area (Å²) >= 11 is 5.25. The van der Waals surface area contributed by atoms with E-state index in [1.165, 1.54) is 19.3 Å². The standard InChI is InChI=1S/C17H26N4O2S/c1-12-7-3-4-8-13(12)19-17(24)21-20-16(22)11-18-14-9-5-6-10-15(14)23-2/h5-6,9-10,12-13,18H,3-4,7-8,11H2,1-2H3,(H,20,22)(H2,19,21,24)/t12-,13+/m1/s1. The van der Waals surface area contributed by atoms with Crippen LogP contribution in [0.1, 0.15) is 32.6 Å². The molecule has 2 atom stereocenters. The van der Waals surface area contributed by atoms with Crippen LogP contribution < -0.4 is 26.2 Å². The van der Waals surface area contributed by atoms with Crippen molar-refractivity contribution in [3.05, 3.63) is 24.3 Å². The summed E-state index contributed by atoms with van der Waals surface area (Å²) in [5.74, 6) is 1.09. The van der Waals surface area contributed by atoms with Crippen molar-refractivity contribution in [2.24, 2.45) is 5.92 Å². The third-order valence-electron chi connectivity index (χ3n) is 4.29. The fourth-order valence-electron chi connectivity index (χ4n) is 2.87. The van der Waals surface area contributed by atoms with Crippen molar-refractivity contribution >= 4 is 28.9 Å². The molecule has 132 valence electrons. The molecule has 6 nitrogen and oxygen atoms in total. The maximum Gasteiger partial charge on any atom is 0.257 e. The molecule has 0 saturated heterocycles. The van der Waals surface area contributed by atoms with Crippen molar-refractivity contribution in [1.82, 2.24) is 16.2 Å². The smallest absolute Gasteiger partial charge is 0.257 e. The molecule has 1 amide bonds. The number of para-hydroxylation sites is 2. The molecule has 0 spiro atoms. The Morgan fingerprint density at radius 1 is 1.25 bits per heavy atom. The van der Waals surface area contributed by atoms with Gasteiger partial charge in [-0.25, -0.2) is 0 Å². The number of hydrazine groups is 1. The van der Waals surface area contributed by atoms with Gasteiger partial charge in [0.2, 0.25) is 0 Å². The number of amides is 1. The first-order chi connectivity index (χ1) is 11.6. The lowest BCUT2D eigenvalue weighted by atomic mass is 9.86. The van der Waals surface area contributed by atoms with E-state index in [0.29, 0.717) is 22.8 Å². The number of methoxy groups -OCH3 is 1. The number of rotatable bonds is 5. The van der Waals surface area contributed by atoms with Crippen molar-refractivity contribution in [3.63, 3.8) is 0 Å². The third kappa shape index (κ3) is 5.56. The minimum Gasteiger partial charge on any atom is -0.495 e. The number of ether oxygens (including phenoxy) is 1. The Kier molecular flexibility index (Phi) is 7.11. The van der Waals surface area contributed by atoms with Gasteiger partial charge in [0.25, 0.3) is 5.91 Å². The summed E-state index contributed by atoms with van der Waals surface area (Å²) in [7, 11) is 1.60. The summed E-state index contributed by atoms with van der Waals surface area (Å²) in [5.41, 5.74) is 6.13. The predicted octanol–water partition coefficient (Wildman–Crippen LogP) is 2.18. The summed E-state index contributed by atoms with van der Waals surface area (Å²) in [5, 5.41) is 6.77. The zero-order valence-electron chi connectivity index (χ0n) is 14.2. The average Bonchev–Trinajstić information content (AvgIpc) is 2.60. The summed E-state index contributed by atoms with van der Waals surface area (Å²) in [6, 6.07) is 7.83. The SMILES string of the molecule is COc1ccccc1NCC(=O)NNC(=S)N[C@H]1CCCC[C@H]1C. The van der Waals surface area contributed by atoms with Crippen molar-refractivity contribution in [2.75, 3.05) is 19.0 Å². The van der Waals surface area contributed by atoms with Gasteiger partial charge in [0.05, 0.1) is 19.3 Å². The normalized spacial score (nSPS) is 19.9. The zero-order valence-corrected chi connectivity index (χ0v) is 15.0. The minimum atomic E-state index is -0.207. The fraction of sp³-hybridized carbons (Fsp3) is 0.529.